The van der Waals surface area contributed by atoms with Crippen LogP contribution in [0.2, 0.25) is 0 Å². The van der Waals surface area contributed by atoms with Gasteiger partial charge in [-0.15, -0.1) is 0 Å². The van der Waals surface area contributed by atoms with Crippen LogP contribution in [0.15, 0.2) is 0 Å². The second-order valence-corrected chi connectivity index (χ2v) is 10.9. The van der Waals surface area contributed by atoms with Crippen LogP contribution in [0, 0.1) is 5.41 Å². The molecular formula is C17H33NO4S. The lowest BCUT2D eigenvalue weighted by molar-refractivity contribution is -0.238. The van der Waals surface area contributed by atoms with E-state index < -0.39 is 38.6 Å². The van der Waals surface area contributed by atoms with E-state index in [9.17, 15) is 9.00 Å². The third-order valence-corrected chi connectivity index (χ3v) is 6.82. The zero-order valence-corrected chi connectivity index (χ0v) is 17.1. The predicted molar refractivity (Wildman–Crippen MR) is 93.2 cm³/mol. The second kappa shape index (κ2) is 5.81. The molecule has 23 heavy (non-hydrogen) atoms. The van der Waals surface area contributed by atoms with Crippen LogP contribution < -0.4 is 4.72 Å². The standard InChI is InChI=1S/C17H33NO4S/c1-11-15(8,18-23(20)14(5,6)7)16(9)12(19)21-17(10,22-16)13(2,3)4/h18H,11H2,1-10H3/t15-,16+,17-,23?/m1/s1. The largest absolute Gasteiger partial charge is 0.431 e. The first-order valence-corrected chi connectivity index (χ1v) is 9.31. The molecule has 0 aromatic carbocycles. The van der Waals surface area contributed by atoms with Crippen LogP contribution in [-0.4, -0.2) is 31.9 Å². The summed E-state index contributed by atoms with van der Waals surface area (Å²) in [7, 11) is -1.33. The predicted octanol–water partition coefficient (Wildman–Crippen LogP) is 3.30. The lowest BCUT2D eigenvalue weighted by atomic mass is 9.80. The Labute approximate surface area is 143 Å². The Morgan fingerprint density at radius 3 is 1.87 bits per heavy atom. The molecule has 0 aliphatic carbocycles. The average Bonchev–Trinajstić information content (AvgIpc) is 2.60. The molecule has 0 aromatic heterocycles. The van der Waals surface area contributed by atoms with Gasteiger partial charge in [-0.25, -0.2) is 13.7 Å². The summed E-state index contributed by atoms with van der Waals surface area (Å²) in [6.45, 7) is 18.9. The van der Waals surface area contributed by atoms with E-state index in [2.05, 4.69) is 4.72 Å². The summed E-state index contributed by atoms with van der Waals surface area (Å²) >= 11 is 0. The average molecular weight is 348 g/mol. The fourth-order valence-corrected chi connectivity index (χ4v) is 3.29. The van der Waals surface area contributed by atoms with Crippen molar-refractivity contribution in [1.29, 1.82) is 0 Å². The second-order valence-electron chi connectivity index (χ2n) is 8.89. The molecule has 1 rings (SSSR count). The third-order valence-electron chi connectivity index (χ3n) is 5.07. The van der Waals surface area contributed by atoms with Gasteiger partial charge in [0.25, 0.3) is 0 Å². The molecule has 136 valence electrons. The van der Waals surface area contributed by atoms with Gasteiger partial charge >= 0.3 is 5.97 Å². The maximum Gasteiger partial charge on any atom is 0.342 e. The van der Waals surface area contributed by atoms with Gasteiger partial charge in [-0.1, -0.05) is 27.7 Å². The molecule has 0 spiro atoms. The van der Waals surface area contributed by atoms with Crippen LogP contribution >= 0.6 is 0 Å². The van der Waals surface area contributed by atoms with Crippen LogP contribution in [0.25, 0.3) is 0 Å². The normalized spacial score (nSPS) is 33.2. The molecule has 0 saturated carbocycles. The summed E-state index contributed by atoms with van der Waals surface area (Å²) in [4.78, 5) is 12.7. The Bertz CT molecular complexity index is 508. The lowest BCUT2D eigenvalue weighted by Crippen LogP contribution is -2.64. The van der Waals surface area contributed by atoms with E-state index in [1.165, 1.54) is 0 Å². The van der Waals surface area contributed by atoms with Gasteiger partial charge in [0.15, 0.2) is 5.60 Å². The maximum atomic E-state index is 12.7. The highest BCUT2D eigenvalue weighted by Gasteiger charge is 2.65. The van der Waals surface area contributed by atoms with Crippen molar-refractivity contribution < 1.29 is 18.5 Å². The molecule has 6 heteroatoms. The molecule has 1 fully saturated rings. The minimum absolute atomic E-state index is 0.377. The van der Waals surface area contributed by atoms with Crippen molar-refractivity contribution in [2.75, 3.05) is 0 Å². The lowest BCUT2D eigenvalue weighted by Gasteiger charge is -2.43. The van der Waals surface area contributed by atoms with E-state index >= 15 is 0 Å². The number of ether oxygens (including phenoxy) is 2. The molecule has 0 radical (unpaired) electrons. The first-order valence-electron chi connectivity index (χ1n) is 8.16. The molecule has 1 aliphatic rings. The van der Waals surface area contributed by atoms with E-state index in [1.807, 2.05) is 55.4 Å². The Morgan fingerprint density at radius 2 is 1.57 bits per heavy atom. The fraction of sp³-hybridized carbons (Fsp3) is 0.941. The molecule has 1 saturated heterocycles. The number of hydrogen-bond donors (Lipinski definition) is 1. The zero-order chi connectivity index (χ0) is 18.5. The van der Waals surface area contributed by atoms with Gasteiger partial charge in [0.2, 0.25) is 5.79 Å². The van der Waals surface area contributed by atoms with Gasteiger partial charge in [0, 0.05) is 12.3 Å². The van der Waals surface area contributed by atoms with Crippen LogP contribution in [0.5, 0.6) is 0 Å². The Balaban J connectivity index is 3.24. The highest BCUT2D eigenvalue weighted by molar-refractivity contribution is 7.84. The van der Waals surface area contributed by atoms with Crippen molar-refractivity contribution in [2.24, 2.45) is 5.41 Å². The number of cyclic esters (lactones) is 1. The number of nitrogens with one attached hydrogen (secondary N) is 1. The van der Waals surface area contributed by atoms with E-state index in [0.29, 0.717) is 6.42 Å². The molecule has 1 N–H and O–H groups in total. The molecule has 1 aliphatic heterocycles. The van der Waals surface area contributed by atoms with Crippen molar-refractivity contribution in [3.8, 4) is 0 Å². The number of esters is 1. The Morgan fingerprint density at radius 1 is 1.09 bits per heavy atom. The number of carbonyl (C=O) groups excluding carboxylic acids is 1. The molecule has 0 aromatic rings. The summed E-state index contributed by atoms with van der Waals surface area (Å²) in [5, 5.41) is 0. The number of carbonyl (C=O) groups is 1. The number of hydrogen-bond acceptors (Lipinski definition) is 4. The summed E-state index contributed by atoms with van der Waals surface area (Å²) < 4.78 is 27.1. The molecule has 0 bridgehead atoms. The monoisotopic (exact) mass is 347 g/mol. The van der Waals surface area contributed by atoms with Crippen molar-refractivity contribution in [3.05, 3.63) is 0 Å². The van der Waals surface area contributed by atoms with Gasteiger partial charge in [-0.3, -0.25) is 0 Å². The smallest absolute Gasteiger partial charge is 0.342 e. The highest BCUT2D eigenvalue weighted by Crippen LogP contribution is 2.48. The van der Waals surface area contributed by atoms with Crippen molar-refractivity contribution >= 4 is 17.0 Å². The van der Waals surface area contributed by atoms with Gasteiger partial charge in [0.1, 0.15) is 0 Å². The maximum absolute atomic E-state index is 12.7. The first-order chi connectivity index (χ1) is 10.0. The minimum Gasteiger partial charge on any atom is -0.431 e. The van der Waals surface area contributed by atoms with Crippen LogP contribution in [0.3, 0.4) is 0 Å². The van der Waals surface area contributed by atoms with E-state index in [4.69, 9.17) is 9.47 Å². The van der Waals surface area contributed by atoms with E-state index in [-0.39, 0.29) is 5.41 Å². The molecule has 4 atom stereocenters. The minimum atomic E-state index is -1.33. The van der Waals surface area contributed by atoms with Crippen LogP contribution in [-0.2, 0) is 25.3 Å². The van der Waals surface area contributed by atoms with E-state index in [0.717, 1.165) is 0 Å². The van der Waals surface area contributed by atoms with Gasteiger partial charge in [-0.05, 0) is 41.0 Å². The van der Waals surface area contributed by atoms with Gasteiger partial charge < -0.3 is 9.47 Å². The summed E-state index contributed by atoms with van der Waals surface area (Å²) in [6.07, 6.45) is 0.570. The molecular weight excluding hydrogens is 314 g/mol. The van der Waals surface area contributed by atoms with E-state index in [1.54, 1.807) is 13.8 Å². The summed E-state index contributed by atoms with van der Waals surface area (Å²) in [5.41, 5.74) is -2.41. The quantitative estimate of drug-likeness (QED) is 0.793. The molecule has 1 heterocycles. The zero-order valence-electron chi connectivity index (χ0n) is 16.2. The Hall–Kier alpha value is -0.460. The van der Waals surface area contributed by atoms with Gasteiger partial charge in [0.05, 0.1) is 21.3 Å². The van der Waals surface area contributed by atoms with Gasteiger partial charge in [-0.2, -0.15) is 0 Å². The van der Waals surface area contributed by atoms with Crippen LogP contribution in [0.1, 0.15) is 75.7 Å². The van der Waals surface area contributed by atoms with Crippen molar-refractivity contribution in [1.82, 2.24) is 4.72 Å². The number of rotatable bonds is 4. The topological polar surface area (TPSA) is 64.6 Å². The highest BCUT2D eigenvalue weighted by atomic mass is 32.2. The fourth-order valence-electron chi connectivity index (χ4n) is 2.23. The SMILES string of the molecule is CC[C@@](C)(NS(=O)C(C)(C)C)[C@@]1(C)O[C@](C)(C(C)(C)C)OC1=O. The molecule has 1 unspecified atom stereocenters. The Kier molecular flexibility index (Phi) is 5.20. The first kappa shape index (κ1) is 20.6. The molecule has 0 amide bonds. The summed E-state index contributed by atoms with van der Waals surface area (Å²) in [6, 6.07) is 0. The third kappa shape index (κ3) is 3.49. The van der Waals surface area contributed by atoms with Crippen molar-refractivity contribution in [2.45, 2.75) is 97.3 Å². The summed E-state index contributed by atoms with van der Waals surface area (Å²) in [5.74, 6) is -1.45. The van der Waals surface area contributed by atoms with Crippen molar-refractivity contribution in [3.63, 3.8) is 0 Å². The van der Waals surface area contributed by atoms with Crippen LogP contribution in [0.4, 0.5) is 0 Å². The molecule has 5 nitrogen and oxygen atoms in total.